The Hall–Kier alpha value is -3.26. The molecule has 0 aliphatic carbocycles. The van der Waals surface area contributed by atoms with Crippen LogP contribution in [0.5, 0.6) is 11.5 Å². The number of para-hydroxylation sites is 2. The molecule has 26 heavy (non-hydrogen) atoms. The zero-order valence-electron chi connectivity index (χ0n) is 13.7. The third kappa shape index (κ3) is 4.04. The van der Waals surface area contributed by atoms with Crippen LogP contribution in [-0.4, -0.2) is 41.0 Å². The van der Waals surface area contributed by atoms with Gasteiger partial charge in [0.2, 0.25) is 5.95 Å². The second-order valence-corrected chi connectivity index (χ2v) is 5.60. The monoisotopic (exact) mass is 374 g/mol. The van der Waals surface area contributed by atoms with Gasteiger partial charge in [-0.3, -0.25) is 0 Å². The third-order valence-electron chi connectivity index (χ3n) is 3.37. The van der Waals surface area contributed by atoms with Gasteiger partial charge in [0.25, 0.3) is 0 Å². The first kappa shape index (κ1) is 17.6. The maximum absolute atomic E-state index is 10.6. The second-order valence-electron chi connectivity index (χ2n) is 5.19. The van der Waals surface area contributed by atoms with Crippen LogP contribution in [-0.2, 0) is 4.79 Å². The number of imidazole rings is 1. The number of nitrogens with one attached hydrogen (secondary N) is 2. The molecule has 3 aromatic rings. The van der Waals surface area contributed by atoms with Crippen molar-refractivity contribution < 1.29 is 19.4 Å². The highest BCUT2D eigenvalue weighted by Gasteiger charge is 2.13. The molecule has 0 atom stereocenters. The van der Waals surface area contributed by atoms with Crippen molar-refractivity contribution in [2.24, 2.45) is 5.10 Å². The van der Waals surface area contributed by atoms with Crippen LogP contribution in [0.15, 0.2) is 41.5 Å². The molecule has 0 saturated heterocycles. The van der Waals surface area contributed by atoms with E-state index in [1.165, 1.54) is 13.3 Å². The number of H-pyrrole nitrogens is 1. The number of ether oxygens (including phenoxy) is 2. The first-order chi connectivity index (χ1) is 12.6. The van der Waals surface area contributed by atoms with Crippen molar-refractivity contribution >= 4 is 40.8 Å². The largest absolute Gasteiger partial charge is 0.493 e. The topological polar surface area (TPSA) is 109 Å². The Balaban J connectivity index is 1.75. The van der Waals surface area contributed by atoms with Gasteiger partial charge in [0.15, 0.2) is 18.1 Å². The molecule has 134 valence electrons. The number of hydrogen-bond acceptors (Lipinski definition) is 6. The average Bonchev–Trinajstić information content (AvgIpc) is 3.03. The van der Waals surface area contributed by atoms with Crippen molar-refractivity contribution in [3.63, 3.8) is 0 Å². The Kier molecular flexibility index (Phi) is 5.23. The van der Waals surface area contributed by atoms with Crippen molar-refractivity contribution in [3.8, 4) is 11.5 Å². The lowest BCUT2D eigenvalue weighted by Gasteiger charge is -2.11. The zero-order valence-corrected chi connectivity index (χ0v) is 14.4. The number of rotatable bonds is 7. The van der Waals surface area contributed by atoms with E-state index in [4.69, 9.17) is 26.2 Å². The number of methoxy groups -OCH3 is 1. The molecule has 0 amide bonds. The number of aromatic nitrogens is 2. The quantitative estimate of drug-likeness (QED) is 0.433. The molecule has 1 heterocycles. The number of hydrogen-bond donors (Lipinski definition) is 3. The number of carboxylic acid groups (broad SMARTS) is 1. The Morgan fingerprint density at radius 1 is 1.42 bits per heavy atom. The summed E-state index contributed by atoms with van der Waals surface area (Å²) in [6.45, 7) is -0.517. The van der Waals surface area contributed by atoms with E-state index in [1.54, 1.807) is 12.1 Å². The maximum atomic E-state index is 10.6. The van der Waals surface area contributed by atoms with Gasteiger partial charge in [-0.25, -0.2) is 15.2 Å². The average molecular weight is 375 g/mol. The molecule has 3 N–H and O–H groups in total. The number of carbonyl (C=O) groups is 1. The van der Waals surface area contributed by atoms with Gasteiger partial charge >= 0.3 is 5.97 Å². The molecule has 0 unspecified atom stereocenters. The lowest BCUT2D eigenvalue weighted by Crippen LogP contribution is -2.10. The first-order valence-electron chi connectivity index (χ1n) is 7.53. The van der Waals surface area contributed by atoms with E-state index in [1.807, 2.05) is 24.3 Å². The molecular formula is C17H15ClN4O4. The van der Waals surface area contributed by atoms with Crippen molar-refractivity contribution in [2.75, 3.05) is 19.1 Å². The summed E-state index contributed by atoms with van der Waals surface area (Å²) >= 11 is 6.15. The number of aliphatic carboxylic acids is 1. The molecule has 0 aliphatic heterocycles. The van der Waals surface area contributed by atoms with Gasteiger partial charge < -0.3 is 19.6 Å². The summed E-state index contributed by atoms with van der Waals surface area (Å²) in [5.74, 6) is -0.131. The SMILES string of the molecule is COc1cc(/C=N\Nc2nc3ccccc3[nH]2)cc(Cl)c1OCC(=O)O. The van der Waals surface area contributed by atoms with Gasteiger partial charge in [-0.05, 0) is 29.8 Å². The van der Waals surface area contributed by atoms with Crippen LogP contribution in [0.3, 0.4) is 0 Å². The van der Waals surface area contributed by atoms with Crippen LogP contribution < -0.4 is 14.9 Å². The van der Waals surface area contributed by atoms with Crippen LogP contribution in [0.1, 0.15) is 5.56 Å². The fraction of sp³-hybridized carbons (Fsp3) is 0.118. The minimum atomic E-state index is -1.11. The molecular weight excluding hydrogens is 360 g/mol. The van der Waals surface area contributed by atoms with E-state index in [2.05, 4.69) is 20.5 Å². The minimum Gasteiger partial charge on any atom is -0.493 e. The number of hydrazone groups is 1. The number of carboxylic acids is 1. The van der Waals surface area contributed by atoms with E-state index in [0.29, 0.717) is 17.3 Å². The van der Waals surface area contributed by atoms with Gasteiger partial charge in [0.1, 0.15) is 0 Å². The summed E-state index contributed by atoms with van der Waals surface area (Å²) in [5, 5.41) is 13.0. The Morgan fingerprint density at radius 3 is 2.96 bits per heavy atom. The lowest BCUT2D eigenvalue weighted by atomic mass is 10.2. The van der Waals surface area contributed by atoms with Crippen LogP contribution in [0.25, 0.3) is 11.0 Å². The van der Waals surface area contributed by atoms with Crippen LogP contribution in [0.2, 0.25) is 5.02 Å². The predicted molar refractivity (Wildman–Crippen MR) is 98.4 cm³/mol. The van der Waals surface area contributed by atoms with Crippen molar-refractivity contribution in [2.45, 2.75) is 0 Å². The molecule has 9 heteroatoms. The highest BCUT2D eigenvalue weighted by Crippen LogP contribution is 2.36. The van der Waals surface area contributed by atoms with Crippen LogP contribution in [0, 0.1) is 0 Å². The third-order valence-corrected chi connectivity index (χ3v) is 3.65. The predicted octanol–water partition coefficient (Wildman–Crippen LogP) is 3.13. The molecule has 0 spiro atoms. The van der Waals surface area contributed by atoms with E-state index in [0.717, 1.165) is 11.0 Å². The van der Waals surface area contributed by atoms with Gasteiger partial charge in [-0.1, -0.05) is 23.7 Å². The van der Waals surface area contributed by atoms with Crippen LogP contribution >= 0.6 is 11.6 Å². The van der Waals surface area contributed by atoms with E-state index >= 15 is 0 Å². The van der Waals surface area contributed by atoms with Gasteiger partial charge in [0, 0.05) is 0 Å². The molecule has 0 radical (unpaired) electrons. The fourth-order valence-corrected chi connectivity index (χ4v) is 2.54. The summed E-state index contributed by atoms with van der Waals surface area (Å²) < 4.78 is 10.4. The van der Waals surface area contributed by atoms with E-state index in [9.17, 15) is 4.79 Å². The Morgan fingerprint density at radius 2 is 2.23 bits per heavy atom. The number of benzene rings is 2. The van der Waals surface area contributed by atoms with E-state index < -0.39 is 12.6 Å². The molecule has 2 aromatic carbocycles. The first-order valence-corrected chi connectivity index (χ1v) is 7.90. The van der Waals surface area contributed by atoms with E-state index in [-0.39, 0.29) is 10.8 Å². The number of aromatic amines is 1. The lowest BCUT2D eigenvalue weighted by molar-refractivity contribution is -0.139. The normalized spacial score (nSPS) is 11.0. The summed E-state index contributed by atoms with van der Waals surface area (Å²) in [6, 6.07) is 10.8. The molecule has 8 nitrogen and oxygen atoms in total. The maximum Gasteiger partial charge on any atom is 0.341 e. The number of nitrogens with zero attached hydrogens (tertiary/aromatic N) is 2. The summed E-state index contributed by atoms with van der Waals surface area (Å²) in [4.78, 5) is 18.1. The minimum absolute atomic E-state index is 0.166. The van der Waals surface area contributed by atoms with Crippen molar-refractivity contribution in [3.05, 3.63) is 47.0 Å². The van der Waals surface area contributed by atoms with Gasteiger partial charge in [0.05, 0.1) is 29.4 Å². The molecule has 0 bridgehead atoms. The number of anilines is 1. The highest BCUT2D eigenvalue weighted by atomic mass is 35.5. The number of fused-ring (bicyclic) bond motifs is 1. The molecule has 1 aromatic heterocycles. The highest BCUT2D eigenvalue weighted by molar-refractivity contribution is 6.32. The van der Waals surface area contributed by atoms with Gasteiger partial charge in [-0.2, -0.15) is 5.10 Å². The number of halogens is 1. The smallest absolute Gasteiger partial charge is 0.341 e. The summed E-state index contributed by atoms with van der Waals surface area (Å²) in [6.07, 6.45) is 1.53. The zero-order chi connectivity index (χ0) is 18.5. The fourth-order valence-electron chi connectivity index (χ4n) is 2.26. The van der Waals surface area contributed by atoms with Gasteiger partial charge in [-0.15, -0.1) is 0 Å². The van der Waals surface area contributed by atoms with Crippen molar-refractivity contribution in [1.29, 1.82) is 0 Å². The summed E-state index contributed by atoms with van der Waals surface area (Å²) in [5.41, 5.74) is 5.17. The second kappa shape index (κ2) is 7.75. The Bertz CT molecular complexity index is 938. The van der Waals surface area contributed by atoms with Crippen LogP contribution in [0.4, 0.5) is 5.95 Å². The standard InChI is InChI=1S/C17H15ClN4O4/c1-25-14-7-10(6-11(18)16(14)26-9-15(23)24)8-19-22-17-20-12-4-2-3-5-13(12)21-17/h2-8H,9H2,1H3,(H,23,24)(H2,20,21,22)/b19-8-. The Labute approximate surface area is 153 Å². The molecule has 3 rings (SSSR count). The molecule has 0 aliphatic rings. The summed E-state index contributed by atoms with van der Waals surface area (Å²) in [7, 11) is 1.44. The molecule has 0 saturated carbocycles. The molecule has 0 fully saturated rings. The van der Waals surface area contributed by atoms with Crippen molar-refractivity contribution in [1.82, 2.24) is 9.97 Å².